The first-order valence-corrected chi connectivity index (χ1v) is 8.37. The van der Waals surface area contributed by atoms with Gasteiger partial charge in [-0.2, -0.15) is 0 Å². The van der Waals surface area contributed by atoms with Crippen LogP contribution in [0.15, 0.2) is 72.2 Å². The fraction of sp³-hybridized carbons (Fsp3) is 0.190. The van der Waals surface area contributed by atoms with Crippen molar-refractivity contribution in [3.8, 4) is 5.75 Å². The monoisotopic (exact) mass is 365 g/mol. The maximum Gasteiger partial charge on any atom is 0.352 e. The minimum Gasteiger partial charge on any atom is -0.497 e. The molecule has 0 aliphatic carbocycles. The van der Waals surface area contributed by atoms with Crippen LogP contribution in [0.25, 0.3) is 0 Å². The lowest BCUT2D eigenvalue weighted by Crippen LogP contribution is -2.43. The SMILES string of the molecule is C=CC[C@@]1(C(=O)OCc2ccccc2)N=C(c2ccc(OC)cc2)OC1=O. The predicted molar refractivity (Wildman–Crippen MR) is 99.4 cm³/mol. The number of esters is 2. The number of methoxy groups -OCH3 is 1. The molecule has 1 heterocycles. The molecule has 0 unspecified atom stereocenters. The number of ether oxygens (including phenoxy) is 3. The lowest BCUT2D eigenvalue weighted by atomic mass is 9.97. The Balaban J connectivity index is 1.84. The number of hydrogen-bond donors (Lipinski definition) is 0. The lowest BCUT2D eigenvalue weighted by Gasteiger charge is -2.18. The van der Waals surface area contributed by atoms with E-state index < -0.39 is 17.5 Å². The van der Waals surface area contributed by atoms with Gasteiger partial charge in [0, 0.05) is 12.0 Å². The van der Waals surface area contributed by atoms with Crippen LogP contribution in [-0.2, 0) is 25.7 Å². The van der Waals surface area contributed by atoms with E-state index in [1.165, 1.54) is 6.08 Å². The Hall–Kier alpha value is -3.41. The van der Waals surface area contributed by atoms with Gasteiger partial charge in [-0.1, -0.05) is 36.4 Å². The van der Waals surface area contributed by atoms with Crippen LogP contribution < -0.4 is 4.74 Å². The van der Waals surface area contributed by atoms with Gasteiger partial charge in [-0.3, -0.25) is 0 Å². The highest BCUT2D eigenvalue weighted by atomic mass is 16.6. The molecule has 1 aliphatic rings. The normalized spacial score (nSPS) is 18.4. The molecule has 0 aromatic heterocycles. The fourth-order valence-electron chi connectivity index (χ4n) is 2.66. The van der Waals surface area contributed by atoms with Crippen molar-refractivity contribution in [2.75, 3.05) is 7.11 Å². The van der Waals surface area contributed by atoms with E-state index in [4.69, 9.17) is 14.2 Å². The van der Waals surface area contributed by atoms with Crippen molar-refractivity contribution in [3.63, 3.8) is 0 Å². The zero-order valence-electron chi connectivity index (χ0n) is 14.9. The van der Waals surface area contributed by atoms with Gasteiger partial charge in [-0.25, -0.2) is 14.6 Å². The Morgan fingerprint density at radius 3 is 2.52 bits per heavy atom. The molecule has 2 aromatic carbocycles. The van der Waals surface area contributed by atoms with Gasteiger partial charge in [0.25, 0.3) is 5.54 Å². The summed E-state index contributed by atoms with van der Waals surface area (Å²) in [4.78, 5) is 29.5. The van der Waals surface area contributed by atoms with E-state index in [0.29, 0.717) is 11.3 Å². The highest BCUT2D eigenvalue weighted by Gasteiger charge is 2.53. The summed E-state index contributed by atoms with van der Waals surface area (Å²) in [5, 5.41) is 0. The van der Waals surface area contributed by atoms with Crippen LogP contribution in [0.2, 0.25) is 0 Å². The van der Waals surface area contributed by atoms with Gasteiger partial charge in [-0.15, -0.1) is 6.58 Å². The molecule has 6 heteroatoms. The largest absolute Gasteiger partial charge is 0.497 e. The Morgan fingerprint density at radius 1 is 1.19 bits per heavy atom. The number of hydrogen-bond acceptors (Lipinski definition) is 6. The third kappa shape index (κ3) is 3.74. The zero-order valence-corrected chi connectivity index (χ0v) is 14.9. The first-order valence-electron chi connectivity index (χ1n) is 8.37. The summed E-state index contributed by atoms with van der Waals surface area (Å²) in [5.41, 5.74) is -0.400. The third-order valence-corrected chi connectivity index (χ3v) is 4.15. The number of carbonyl (C=O) groups is 2. The molecule has 6 nitrogen and oxygen atoms in total. The molecule has 0 spiro atoms. The van der Waals surface area contributed by atoms with Crippen LogP contribution in [-0.4, -0.2) is 30.5 Å². The molecule has 2 aromatic rings. The molecule has 0 fully saturated rings. The van der Waals surface area contributed by atoms with Gasteiger partial charge in [0.2, 0.25) is 5.90 Å². The third-order valence-electron chi connectivity index (χ3n) is 4.15. The minimum absolute atomic E-state index is 0.0148. The molecule has 0 amide bonds. The number of aliphatic imine (C=N–C) groups is 1. The summed E-state index contributed by atoms with van der Waals surface area (Å²) in [5.74, 6) is -0.810. The Bertz CT molecular complexity index is 873. The second kappa shape index (κ2) is 7.86. The minimum atomic E-state index is -1.77. The van der Waals surface area contributed by atoms with E-state index in [1.54, 1.807) is 31.4 Å². The second-order valence-corrected chi connectivity index (χ2v) is 5.95. The number of carbonyl (C=O) groups excluding carboxylic acids is 2. The highest BCUT2D eigenvalue weighted by Crippen LogP contribution is 2.29. The van der Waals surface area contributed by atoms with Crippen molar-refractivity contribution in [3.05, 3.63) is 78.4 Å². The number of cyclic esters (lactones) is 1. The number of benzene rings is 2. The summed E-state index contributed by atoms with van der Waals surface area (Å²) in [6.07, 6.45) is 1.44. The van der Waals surface area contributed by atoms with Crippen LogP contribution in [0, 0.1) is 0 Å². The molecule has 0 saturated heterocycles. The van der Waals surface area contributed by atoms with Crippen LogP contribution in [0.3, 0.4) is 0 Å². The average molecular weight is 365 g/mol. The van der Waals surface area contributed by atoms with Gasteiger partial charge in [-0.05, 0) is 29.8 Å². The molecule has 1 atom stereocenters. The number of nitrogens with zero attached hydrogens (tertiary/aromatic N) is 1. The molecule has 0 saturated carbocycles. The Kier molecular flexibility index (Phi) is 5.35. The van der Waals surface area contributed by atoms with E-state index in [0.717, 1.165) is 5.56 Å². The predicted octanol–water partition coefficient (Wildman–Crippen LogP) is 3.06. The standard InChI is InChI=1S/C21H19NO5/c1-3-13-21(19(23)26-14-15-7-5-4-6-8-15)20(24)27-18(22-21)16-9-11-17(25-2)12-10-16/h3-12H,1,13-14H2,2H3/t21-/m0/s1. The molecular weight excluding hydrogens is 346 g/mol. The van der Waals surface area contributed by atoms with Gasteiger partial charge >= 0.3 is 11.9 Å². The van der Waals surface area contributed by atoms with Crippen molar-refractivity contribution in [2.24, 2.45) is 4.99 Å². The summed E-state index contributed by atoms with van der Waals surface area (Å²) < 4.78 is 15.7. The number of rotatable bonds is 7. The van der Waals surface area contributed by atoms with Gasteiger partial charge in [0.15, 0.2) is 0 Å². The second-order valence-electron chi connectivity index (χ2n) is 5.95. The van der Waals surface area contributed by atoms with Gasteiger partial charge < -0.3 is 14.2 Å². The van der Waals surface area contributed by atoms with Crippen molar-refractivity contribution in [1.82, 2.24) is 0 Å². The maximum atomic E-state index is 12.7. The quantitative estimate of drug-likeness (QED) is 0.428. The van der Waals surface area contributed by atoms with E-state index in [-0.39, 0.29) is 18.9 Å². The molecule has 0 bridgehead atoms. The van der Waals surface area contributed by atoms with E-state index in [9.17, 15) is 9.59 Å². The Labute approximate surface area is 157 Å². The lowest BCUT2D eigenvalue weighted by molar-refractivity contribution is -0.158. The molecule has 138 valence electrons. The zero-order chi connectivity index (χ0) is 19.3. The van der Waals surface area contributed by atoms with E-state index >= 15 is 0 Å². The highest BCUT2D eigenvalue weighted by molar-refractivity contribution is 6.17. The summed E-state index contributed by atoms with van der Waals surface area (Å²) in [6.45, 7) is 3.66. The molecule has 0 N–H and O–H groups in total. The molecule has 3 rings (SSSR count). The molecule has 0 radical (unpaired) electrons. The van der Waals surface area contributed by atoms with Gasteiger partial charge in [0.1, 0.15) is 12.4 Å². The van der Waals surface area contributed by atoms with Gasteiger partial charge in [0.05, 0.1) is 7.11 Å². The fourth-order valence-corrected chi connectivity index (χ4v) is 2.66. The van der Waals surface area contributed by atoms with Crippen LogP contribution >= 0.6 is 0 Å². The summed E-state index contributed by atoms with van der Waals surface area (Å²) in [6, 6.07) is 16.0. The van der Waals surface area contributed by atoms with Crippen molar-refractivity contribution in [1.29, 1.82) is 0 Å². The Morgan fingerprint density at radius 2 is 1.89 bits per heavy atom. The van der Waals surface area contributed by atoms with E-state index in [2.05, 4.69) is 11.6 Å². The molecular formula is C21H19NO5. The van der Waals surface area contributed by atoms with Crippen LogP contribution in [0.5, 0.6) is 5.75 Å². The topological polar surface area (TPSA) is 74.2 Å². The first kappa shape index (κ1) is 18.4. The maximum absolute atomic E-state index is 12.7. The molecule has 1 aliphatic heterocycles. The van der Waals surface area contributed by atoms with Crippen LogP contribution in [0.1, 0.15) is 17.5 Å². The average Bonchev–Trinajstić information content (AvgIpc) is 3.04. The van der Waals surface area contributed by atoms with Crippen molar-refractivity contribution < 1.29 is 23.8 Å². The summed E-state index contributed by atoms with van der Waals surface area (Å²) >= 11 is 0. The smallest absolute Gasteiger partial charge is 0.352 e. The summed E-state index contributed by atoms with van der Waals surface area (Å²) in [7, 11) is 1.56. The van der Waals surface area contributed by atoms with E-state index in [1.807, 2.05) is 30.3 Å². The van der Waals surface area contributed by atoms with Crippen LogP contribution in [0.4, 0.5) is 0 Å². The first-order chi connectivity index (χ1) is 13.1. The van der Waals surface area contributed by atoms with Crippen molar-refractivity contribution >= 4 is 17.8 Å². The molecule has 27 heavy (non-hydrogen) atoms. The van der Waals surface area contributed by atoms with Crippen molar-refractivity contribution in [2.45, 2.75) is 18.6 Å².